The van der Waals surface area contributed by atoms with Crippen LogP contribution in [0.15, 0.2) is 36.4 Å². The van der Waals surface area contributed by atoms with Crippen molar-refractivity contribution < 1.29 is 14.8 Å². The number of benzene rings is 1. The summed E-state index contributed by atoms with van der Waals surface area (Å²) in [5.41, 5.74) is 1.86. The second-order valence-corrected chi connectivity index (χ2v) is 4.31. The van der Waals surface area contributed by atoms with Crippen molar-refractivity contribution in [2.24, 2.45) is 0 Å². The fraction of sp³-hybridized carbons (Fsp3) is 0.308. The van der Waals surface area contributed by atoms with E-state index in [0.29, 0.717) is 17.6 Å². The van der Waals surface area contributed by atoms with Crippen LogP contribution in [0.25, 0.3) is 0 Å². The molecule has 0 aliphatic carbocycles. The largest absolute Gasteiger partial charge is 0.488 e. The molecule has 1 aromatic rings. The molecule has 102 valence electrons. The topological polar surface area (TPSA) is 81.6 Å². The van der Waals surface area contributed by atoms with Gasteiger partial charge in [-0.1, -0.05) is 18.7 Å². The van der Waals surface area contributed by atoms with Crippen molar-refractivity contribution in [1.29, 1.82) is 0 Å². The molecule has 0 unspecified atom stereocenters. The fourth-order valence-electron chi connectivity index (χ4n) is 1.45. The summed E-state index contributed by atoms with van der Waals surface area (Å²) in [6, 6.07) is 6.86. The van der Waals surface area contributed by atoms with Crippen molar-refractivity contribution in [3.63, 3.8) is 0 Å². The quantitative estimate of drug-likeness (QED) is 0.313. The maximum Gasteiger partial charge on any atom is 0.488 e. The Hall–Kier alpha value is -1.79. The molecule has 1 amide bonds. The molecule has 0 radical (unpaired) electrons. The Kier molecular flexibility index (Phi) is 6.11. The predicted octanol–water partition coefficient (Wildman–Crippen LogP) is -0.139. The Morgan fingerprint density at radius 2 is 1.89 bits per heavy atom. The van der Waals surface area contributed by atoms with Crippen molar-refractivity contribution >= 4 is 24.2 Å². The third kappa shape index (κ3) is 5.59. The van der Waals surface area contributed by atoms with E-state index >= 15 is 0 Å². The van der Waals surface area contributed by atoms with Gasteiger partial charge in [0.25, 0.3) is 0 Å². The highest BCUT2D eigenvalue weighted by atomic mass is 16.4. The fourth-order valence-corrected chi connectivity index (χ4v) is 1.45. The SMILES string of the molecule is C=C(C)C(=O)NCCCNc1ccc(B(O)O)cc1. The molecule has 0 fully saturated rings. The Morgan fingerprint density at radius 1 is 1.26 bits per heavy atom. The molecule has 4 N–H and O–H groups in total. The van der Waals surface area contributed by atoms with Gasteiger partial charge in [-0.2, -0.15) is 0 Å². The molecule has 0 atom stereocenters. The highest BCUT2D eigenvalue weighted by Gasteiger charge is 2.09. The van der Waals surface area contributed by atoms with Gasteiger partial charge in [-0.05, 0) is 30.9 Å². The number of nitrogens with one attached hydrogen (secondary N) is 2. The monoisotopic (exact) mass is 262 g/mol. The van der Waals surface area contributed by atoms with Crippen molar-refractivity contribution in [1.82, 2.24) is 5.32 Å². The minimum atomic E-state index is -1.44. The third-order valence-corrected chi connectivity index (χ3v) is 2.56. The van der Waals surface area contributed by atoms with Gasteiger partial charge < -0.3 is 20.7 Å². The van der Waals surface area contributed by atoms with E-state index in [1.807, 2.05) is 0 Å². The lowest BCUT2D eigenvalue weighted by Gasteiger charge is -2.08. The van der Waals surface area contributed by atoms with Gasteiger partial charge in [-0.15, -0.1) is 0 Å². The predicted molar refractivity (Wildman–Crippen MR) is 77.2 cm³/mol. The van der Waals surface area contributed by atoms with Gasteiger partial charge >= 0.3 is 7.12 Å². The van der Waals surface area contributed by atoms with Crippen LogP contribution in [-0.4, -0.2) is 36.2 Å². The smallest absolute Gasteiger partial charge is 0.423 e. The van der Waals surface area contributed by atoms with Crippen molar-refractivity contribution in [3.05, 3.63) is 36.4 Å². The average Bonchev–Trinajstić information content (AvgIpc) is 2.38. The van der Waals surface area contributed by atoms with Gasteiger partial charge in [-0.25, -0.2) is 0 Å². The first-order valence-electron chi connectivity index (χ1n) is 6.14. The summed E-state index contributed by atoms with van der Waals surface area (Å²) in [5, 5.41) is 23.8. The second kappa shape index (κ2) is 7.61. The van der Waals surface area contributed by atoms with Gasteiger partial charge in [0.15, 0.2) is 0 Å². The zero-order valence-corrected chi connectivity index (χ0v) is 11.0. The van der Waals surface area contributed by atoms with Gasteiger partial charge in [0.05, 0.1) is 0 Å². The summed E-state index contributed by atoms with van der Waals surface area (Å²) >= 11 is 0. The number of carbonyl (C=O) groups excluding carboxylic acids is 1. The first-order valence-corrected chi connectivity index (χ1v) is 6.14. The third-order valence-electron chi connectivity index (χ3n) is 2.56. The minimum Gasteiger partial charge on any atom is -0.423 e. The Morgan fingerprint density at radius 3 is 2.42 bits per heavy atom. The first-order chi connectivity index (χ1) is 9.00. The van der Waals surface area contributed by atoms with Crippen LogP contribution in [0.4, 0.5) is 5.69 Å². The zero-order valence-electron chi connectivity index (χ0n) is 11.0. The van der Waals surface area contributed by atoms with Crippen LogP contribution in [0.2, 0.25) is 0 Å². The second-order valence-electron chi connectivity index (χ2n) is 4.31. The minimum absolute atomic E-state index is 0.124. The number of hydrogen-bond donors (Lipinski definition) is 4. The highest BCUT2D eigenvalue weighted by Crippen LogP contribution is 2.03. The molecule has 0 aromatic heterocycles. The zero-order chi connectivity index (χ0) is 14.3. The van der Waals surface area contributed by atoms with E-state index in [1.165, 1.54) is 0 Å². The van der Waals surface area contributed by atoms with Crippen LogP contribution in [0.3, 0.4) is 0 Å². The number of amides is 1. The van der Waals surface area contributed by atoms with Crippen molar-refractivity contribution in [3.8, 4) is 0 Å². The van der Waals surface area contributed by atoms with Crippen LogP contribution < -0.4 is 16.1 Å². The van der Waals surface area contributed by atoms with Gasteiger partial charge in [0.1, 0.15) is 0 Å². The Balaban J connectivity index is 2.22. The van der Waals surface area contributed by atoms with Crippen molar-refractivity contribution in [2.75, 3.05) is 18.4 Å². The molecule has 6 heteroatoms. The lowest BCUT2D eigenvalue weighted by atomic mass is 9.80. The standard InChI is InChI=1S/C13H19BN2O3/c1-10(2)13(17)16-9-3-8-15-12-6-4-11(5-7-12)14(18)19/h4-7,15,18-19H,1,3,8-9H2,2H3,(H,16,17). The van der Waals surface area contributed by atoms with E-state index in [-0.39, 0.29) is 5.91 Å². The molecule has 0 spiro atoms. The van der Waals surface area contributed by atoms with Gasteiger partial charge in [0.2, 0.25) is 5.91 Å². The van der Waals surface area contributed by atoms with Gasteiger partial charge in [0, 0.05) is 24.4 Å². The average molecular weight is 262 g/mol. The molecule has 0 aliphatic heterocycles. The number of hydrogen-bond acceptors (Lipinski definition) is 4. The summed E-state index contributed by atoms with van der Waals surface area (Å²) in [7, 11) is -1.44. The molecule has 0 heterocycles. The van der Waals surface area contributed by atoms with Crippen LogP contribution in [0.1, 0.15) is 13.3 Å². The Bertz CT molecular complexity index is 432. The van der Waals surface area contributed by atoms with E-state index in [1.54, 1.807) is 31.2 Å². The lowest BCUT2D eigenvalue weighted by molar-refractivity contribution is -0.117. The Labute approximate surface area is 113 Å². The van der Waals surface area contributed by atoms with E-state index in [2.05, 4.69) is 17.2 Å². The molecule has 0 saturated carbocycles. The van der Waals surface area contributed by atoms with Crippen molar-refractivity contribution in [2.45, 2.75) is 13.3 Å². The van der Waals surface area contributed by atoms with E-state index in [4.69, 9.17) is 10.0 Å². The summed E-state index contributed by atoms with van der Waals surface area (Å²) in [4.78, 5) is 11.2. The lowest BCUT2D eigenvalue weighted by Crippen LogP contribution is -2.29. The highest BCUT2D eigenvalue weighted by molar-refractivity contribution is 6.58. The van der Waals surface area contributed by atoms with Crippen LogP contribution in [-0.2, 0) is 4.79 Å². The van der Waals surface area contributed by atoms with Crippen LogP contribution >= 0.6 is 0 Å². The molecular weight excluding hydrogens is 243 g/mol. The van der Waals surface area contributed by atoms with E-state index in [0.717, 1.165) is 18.7 Å². The molecule has 1 rings (SSSR count). The molecular formula is C13H19BN2O3. The molecule has 0 bridgehead atoms. The summed E-state index contributed by atoms with van der Waals surface area (Å²) in [6.45, 7) is 6.54. The molecule has 1 aromatic carbocycles. The van der Waals surface area contributed by atoms with Crippen LogP contribution in [0, 0.1) is 0 Å². The number of carbonyl (C=O) groups is 1. The van der Waals surface area contributed by atoms with Crippen LogP contribution in [0.5, 0.6) is 0 Å². The molecule has 0 aliphatic rings. The summed E-state index contributed by atoms with van der Waals surface area (Å²) in [5.74, 6) is -0.124. The van der Waals surface area contributed by atoms with Gasteiger partial charge in [-0.3, -0.25) is 4.79 Å². The van der Waals surface area contributed by atoms with E-state index < -0.39 is 7.12 Å². The first kappa shape index (κ1) is 15.3. The summed E-state index contributed by atoms with van der Waals surface area (Å²) in [6.07, 6.45) is 0.795. The maximum atomic E-state index is 11.2. The normalized spacial score (nSPS) is 9.84. The molecule has 5 nitrogen and oxygen atoms in total. The molecule has 19 heavy (non-hydrogen) atoms. The molecule has 0 saturated heterocycles. The summed E-state index contributed by atoms with van der Waals surface area (Å²) < 4.78 is 0. The van der Waals surface area contributed by atoms with E-state index in [9.17, 15) is 4.79 Å². The number of anilines is 1. The maximum absolute atomic E-state index is 11.2. The number of rotatable bonds is 7.